The fourth-order valence-corrected chi connectivity index (χ4v) is 2.64. The highest BCUT2D eigenvalue weighted by atomic mass is 16.6. The third-order valence-corrected chi connectivity index (χ3v) is 3.80. The third kappa shape index (κ3) is 3.90. The molecule has 1 N–H and O–H groups in total. The van der Waals surface area contributed by atoms with Crippen molar-refractivity contribution in [1.29, 1.82) is 0 Å². The first-order valence-corrected chi connectivity index (χ1v) is 6.80. The largest absolute Gasteiger partial charge is 0.444 e. The molecule has 0 aromatic heterocycles. The molecule has 0 heterocycles. The van der Waals surface area contributed by atoms with E-state index in [0.717, 1.165) is 19.3 Å². The van der Waals surface area contributed by atoms with Crippen molar-refractivity contribution in [1.82, 2.24) is 5.32 Å². The van der Waals surface area contributed by atoms with E-state index in [1.807, 2.05) is 20.8 Å². The van der Waals surface area contributed by atoms with E-state index in [0.29, 0.717) is 5.92 Å². The molecule has 0 spiro atoms. The molecule has 3 nitrogen and oxygen atoms in total. The van der Waals surface area contributed by atoms with Crippen LogP contribution in [0.5, 0.6) is 0 Å². The number of carbonyl (C=O) groups excluding carboxylic acids is 1. The van der Waals surface area contributed by atoms with Crippen LogP contribution < -0.4 is 5.32 Å². The first-order valence-electron chi connectivity index (χ1n) is 6.80. The molecule has 1 atom stereocenters. The Balaban J connectivity index is 2.65. The number of rotatable bonds is 3. The van der Waals surface area contributed by atoms with Gasteiger partial charge in [0.2, 0.25) is 0 Å². The molecule has 0 bridgehead atoms. The Morgan fingerprint density at radius 3 is 2.29 bits per heavy atom. The van der Waals surface area contributed by atoms with E-state index in [9.17, 15) is 4.79 Å². The normalized spacial score (nSPS) is 21.0. The lowest BCUT2D eigenvalue weighted by Gasteiger charge is -2.36. The molecule has 0 aromatic carbocycles. The lowest BCUT2D eigenvalue weighted by molar-refractivity contribution is 0.0413. The fraction of sp³-hybridized carbons (Fsp3) is 0.929. The van der Waals surface area contributed by atoms with Gasteiger partial charge in [0, 0.05) is 5.54 Å². The summed E-state index contributed by atoms with van der Waals surface area (Å²) in [4.78, 5) is 11.9. The van der Waals surface area contributed by atoms with E-state index in [1.54, 1.807) is 0 Å². The summed E-state index contributed by atoms with van der Waals surface area (Å²) in [6, 6.07) is 0. The third-order valence-electron chi connectivity index (χ3n) is 3.80. The minimum absolute atomic E-state index is 0.0307. The first-order chi connectivity index (χ1) is 7.79. The molecule has 0 aliphatic heterocycles. The fourth-order valence-electron chi connectivity index (χ4n) is 2.64. The molecule has 1 unspecified atom stereocenters. The van der Waals surface area contributed by atoms with Crippen LogP contribution in [0.3, 0.4) is 0 Å². The van der Waals surface area contributed by atoms with Gasteiger partial charge in [-0.3, -0.25) is 0 Å². The molecule has 0 aromatic rings. The molecule has 100 valence electrons. The van der Waals surface area contributed by atoms with Crippen LogP contribution in [0.2, 0.25) is 0 Å². The Labute approximate surface area is 105 Å². The summed E-state index contributed by atoms with van der Waals surface area (Å²) < 4.78 is 5.37. The Morgan fingerprint density at radius 1 is 1.35 bits per heavy atom. The van der Waals surface area contributed by atoms with Crippen molar-refractivity contribution in [2.75, 3.05) is 0 Å². The molecule has 1 aliphatic carbocycles. The van der Waals surface area contributed by atoms with Gasteiger partial charge in [-0.15, -0.1) is 0 Å². The van der Waals surface area contributed by atoms with E-state index in [4.69, 9.17) is 4.74 Å². The van der Waals surface area contributed by atoms with Crippen LogP contribution in [0, 0.1) is 5.92 Å². The van der Waals surface area contributed by atoms with E-state index in [1.165, 1.54) is 12.8 Å². The van der Waals surface area contributed by atoms with Gasteiger partial charge < -0.3 is 10.1 Å². The molecule has 1 saturated carbocycles. The van der Waals surface area contributed by atoms with Crippen LogP contribution in [-0.2, 0) is 4.74 Å². The van der Waals surface area contributed by atoms with Crippen molar-refractivity contribution in [3.8, 4) is 0 Å². The lowest BCUT2D eigenvalue weighted by atomic mass is 9.82. The number of nitrogens with one attached hydrogen (secondary N) is 1. The predicted molar refractivity (Wildman–Crippen MR) is 70.0 cm³/mol. The zero-order valence-electron chi connectivity index (χ0n) is 11.9. The monoisotopic (exact) mass is 241 g/mol. The minimum atomic E-state index is -0.417. The quantitative estimate of drug-likeness (QED) is 0.814. The zero-order valence-corrected chi connectivity index (χ0v) is 11.9. The molecule has 0 radical (unpaired) electrons. The Morgan fingerprint density at radius 2 is 1.88 bits per heavy atom. The van der Waals surface area contributed by atoms with Gasteiger partial charge in [0.25, 0.3) is 0 Å². The highest BCUT2D eigenvalue weighted by Crippen LogP contribution is 2.37. The first kappa shape index (κ1) is 14.3. The van der Waals surface area contributed by atoms with E-state index in [-0.39, 0.29) is 11.6 Å². The molecule has 1 amide bonds. The van der Waals surface area contributed by atoms with Crippen LogP contribution in [0.1, 0.15) is 66.7 Å². The van der Waals surface area contributed by atoms with Gasteiger partial charge in [0.15, 0.2) is 0 Å². The number of amides is 1. The number of hydrogen-bond acceptors (Lipinski definition) is 2. The summed E-state index contributed by atoms with van der Waals surface area (Å²) in [7, 11) is 0. The topological polar surface area (TPSA) is 38.3 Å². The second-order valence-corrected chi connectivity index (χ2v) is 6.30. The second-order valence-electron chi connectivity index (χ2n) is 6.30. The standard InChI is InChI=1S/C14H27NO2/c1-6-11(2)14(9-7-8-10-14)15-12(16)17-13(3,4)5/h11H,6-10H2,1-5H3,(H,15,16). The van der Waals surface area contributed by atoms with Crippen molar-refractivity contribution in [3.05, 3.63) is 0 Å². The van der Waals surface area contributed by atoms with Crippen LogP contribution in [0.15, 0.2) is 0 Å². The van der Waals surface area contributed by atoms with Crippen LogP contribution in [0.25, 0.3) is 0 Å². The molecular formula is C14H27NO2. The average Bonchev–Trinajstić information content (AvgIpc) is 2.63. The summed E-state index contributed by atoms with van der Waals surface area (Å²) in [5.74, 6) is 0.512. The highest BCUT2D eigenvalue weighted by Gasteiger charge is 2.40. The number of hydrogen-bond donors (Lipinski definition) is 1. The second kappa shape index (κ2) is 5.28. The summed E-state index contributed by atoms with van der Waals surface area (Å²) in [6.07, 6.45) is 5.41. The molecular weight excluding hydrogens is 214 g/mol. The smallest absolute Gasteiger partial charge is 0.408 e. The van der Waals surface area contributed by atoms with E-state index in [2.05, 4.69) is 19.2 Å². The molecule has 3 heteroatoms. The predicted octanol–water partition coefficient (Wildman–Crippen LogP) is 3.87. The summed E-state index contributed by atoms with van der Waals surface area (Å²) in [6.45, 7) is 10.1. The molecule has 1 rings (SSSR count). The van der Waals surface area contributed by atoms with Crippen molar-refractivity contribution in [2.24, 2.45) is 5.92 Å². The molecule has 17 heavy (non-hydrogen) atoms. The van der Waals surface area contributed by atoms with Crippen LogP contribution >= 0.6 is 0 Å². The summed E-state index contributed by atoms with van der Waals surface area (Å²) in [5, 5.41) is 3.14. The van der Waals surface area contributed by atoms with Crippen LogP contribution in [-0.4, -0.2) is 17.2 Å². The molecule has 1 aliphatic rings. The maximum atomic E-state index is 11.9. The molecule has 1 fully saturated rings. The minimum Gasteiger partial charge on any atom is -0.444 e. The number of carbonyl (C=O) groups is 1. The van der Waals surface area contributed by atoms with Crippen molar-refractivity contribution >= 4 is 6.09 Å². The summed E-state index contributed by atoms with van der Waals surface area (Å²) in [5.41, 5.74) is -0.448. The maximum absolute atomic E-state index is 11.9. The number of ether oxygens (including phenoxy) is 1. The van der Waals surface area contributed by atoms with E-state index >= 15 is 0 Å². The van der Waals surface area contributed by atoms with Gasteiger partial charge in [-0.05, 0) is 39.5 Å². The Hall–Kier alpha value is -0.730. The Bertz CT molecular complexity index is 262. The van der Waals surface area contributed by atoms with Crippen molar-refractivity contribution in [2.45, 2.75) is 77.9 Å². The van der Waals surface area contributed by atoms with Crippen molar-refractivity contribution < 1.29 is 9.53 Å². The van der Waals surface area contributed by atoms with Gasteiger partial charge in [-0.25, -0.2) is 4.79 Å². The zero-order chi connectivity index (χ0) is 13.1. The van der Waals surface area contributed by atoms with Crippen molar-refractivity contribution in [3.63, 3.8) is 0 Å². The van der Waals surface area contributed by atoms with Gasteiger partial charge in [-0.1, -0.05) is 33.1 Å². The van der Waals surface area contributed by atoms with Gasteiger partial charge in [0.1, 0.15) is 5.60 Å². The Kier molecular flexibility index (Phi) is 4.45. The molecule has 0 saturated heterocycles. The average molecular weight is 241 g/mol. The number of alkyl carbamates (subject to hydrolysis) is 1. The van der Waals surface area contributed by atoms with E-state index < -0.39 is 5.60 Å². The van der Waals surface area contributed by atoms with Gasteiger partial charge >= 0.3 is 6.09 Å². The van der Waals surface area contributed by atoms with Gasteiger partial charge in [0.05, 0.1) is 0 Å². The maximum Gasteiger partial charge on any atom is 0.408 e. The highest BCUT2D eigenvalue weighted by molar-refractivity contribution is 5.69. The summed E-state index contributed by atoms with van der Waals surface area (Å²) >= 11 is 0. The van der Waals surface area contributed by atoms with Crippen LogP contribution in [0.4, 0.5) is 4.79 Å². The lowest BCUT2D eigenvalue weighted by Crippen LogP contribution is -2.52. The van der Waals surface area contributed by atoms with Gasteiger partial charge in [-0.2, -0.15) is 0 Å². The SMILES string of the molecule is CCC(C)C1(NC(=O)OC(C)(C)C)CCCC1.